The number of para-hydroxylation sites is 1. The quantitative estimate of drug-likeness (QED) is 0.924. The predicted octanol–water partition coefficient (Wildman–Crippen LogP) is 1.98. The average molecular weight is 345 g/mol. The van der Waals surface area contributed by atoms with Crippen LogP contribution >= 0.6 is 0 Å². The van der Waals surface area contributed by atoms with Crippen molar-refractivity contribution in [3.63, 3.8) is 0 Å². The van der Waals surface area contributed by atoms with Gasteiger partial charge in [-0.05, 0) is 41.8 Å². The Hall–Kier alpha value is -2.05. The second-order valence-corrected chi connectivity index (χ2v) is 8.15. The highest BCUT2D eigenvalue weighted by Gasteiger charge is 2.33. The molecule has 2 aliphatic rings. The van der Waals surface area contributed by atoms with Crippen molar-refractivity contribution in [1.29, 1.82) is 0 Å². The van der Waals surface area contributed by atoms with Crippen molar-refractivity contribution in [2.24, 2.45) is 5.92 Å². The molecular weight excluding hydrogens is 326 g/mol. The lowest BCUT2D eigenvalue weighted by atomic mass is 9.95. The number of fused-ring (bicyclic) bond motifs is 2. The van der Waals surface area contributed by atoms with E-state index in [0.717, 1.165) is 23.3 Å². The third-order valence-corrected chi connectivity index (χ3v) is 6.48. The summed E-state index contributed by atoms with van der Waals surface area (Å²) in [4.78, 5) is 0.278. The molecule has 0 saturated heterocycles. The van der Waals surface area contributed by atoms with Gasteiger partial charge in [-0.15, -0.1) is 0 Å². The van der Waals surface area contributed by atoms with Crippen LogP contribution in [0.15, 0.2) is 47.4 Å². The molecule has 0 spiro atoms. The van der Waals surface area contributed by atoms with Gasteiger partial charge < -0.3 is 9.84 Å². The van der Waals surface area contributed by atoms with Crippen molar-refractivity contribution in [3.8, 4) is 5.75 Å². The fourth-order valence-corrected chi connectivity index (χ4v) is 5.07. The topological polar surface area (TPSA) is 66.8 Å². The van der Waals surface area contributed by atoms with Gasteiger partial charge in [0.2, 0.25) is 0 Å². The maximum absolute atomic E-state index is 13.2. The minimum atomic E-state index is -3.67. The smallest absolute Gasteiger partial charge is 0.264 e. The lowest BCUT2D eigenvalue weighted by Crippen LogP contribution is -2.41. The van der Waals surface area contributed by atoms with Gasteiger partial charge in [0.1, 0.15) is 5.75 Å². The number of rotatable bonds is 3. The van der Waals surface area contributed by atoms with E-state index in [-0.39, 0.29) is 17.4 Å². The Labute approximate surface area is 141 Å². The van der Waals surface area contributed by atoms with Gasteiger partial charge in [0.15, 0.2) is 0 Å². The van der Waals surface area contributed by atoms with E-state index >= 15 is 0 Å². The molecule has 1 N–H and O–H groups in total. The second-order valence-electron chi connectivity index (χ2n) is 6.29. The molecule has 0 amide bonds. The summed E-state index contributed by atoms with van der Waals surface area (Å²) < 4.78 is 33.3. The summed E-state index contributed by atoms with van der Waals surface area (Å²) in [6.07, 6.45) is 1.42. The largest absolute Gasteiger partial charge is 0.493 e. The van der Waals surface area contributed by atoms with Crippen LogP contribution in [0.4, 0.5) is 5.69 Å². The maximum atomic E-state index is 13.2. The van der Waals surface area contributed by atoms with Crippen LogP contribution in [0.5, 0.6) is 5.75 Å². The number of nitrogens with zero attached hydrogens (tertiary/aromatic N) is 1. The van der Waals surface area contributed by atoms with E-state index in [4.69, 9.17) is 4.74 Å². The monoisotopic (exact) mass is 345 g/mol. The number of sulfonamides is 1. The maximum Gasteiger partial charge on any atom is 0.264 e. The SMILES string of the molecule is O=S(=O)(c1ccc2c(c1)CCO2)N1CC(CO)Cc2ccccc21. The molecule has 2 heterocycles. The number of ether oxygens (including phenoxy) is 1. The molecule has 0 bridgehead atoms. The zero-order chi connectivity index (χ0) is 16.7. The molecule has 0 fully saturated rings. The first-order chi connectivity index (χ1) is 11.6. The summed E-state index contributed by atoms with van der Waals surface area (Å²) >= 11 is 0. The molecule has 6 heteroatoms. The minimum Gasteiger partial charge on any atom is -0.493 e. The molecule has 126 valence electrons. The highest BCUT2D eigenvalue weighted by molar-refractivity contribution is 7.92. The molecule has 2 aromatic rings. The van der Waals surface area contributed by atoms with Gasteiger partial charge in [-0.3, -0.25) is 4.31 Å². The highest BCUT2D eigenvalue weighted by atomic mass is 32.2. The van der Waals surface area contributed by atoms with Gasteiger partial charge in [0.25, 0.3) is 10.0 Å². The molecule has 0 aliphatic carbocycles. The number of aliphatic hydroxyl groups excluding tert-OH is 1. The lowest BCUT2D eigenvalue weighted by Gasteiger charge is -2.34. The zero-order valence-electron chi connectivity index (χ0n) is 13.2. The Morgan fingerprint density at radius 1 is 1.17 bits per heavy atom. The van der Waals surface area contributed by atoms with Crippen LogP contribution < -0.4 is 9.04 Å². The van der Waals surface area contributed by atoms with Crippen molar-refractivity contribution >= 4 is 15.7 Å². The minimum absolute atomic E-state index is 0.0294. The molecule has 2 aliphatic heterocycles. The van der Waals surface area contributed by atoms with Crippen LogP contribution in [0.25, 0.3) is 0 Å². The number of hydrogen-bond donors (Lipinski definition) is 1. The van der Waals surface area contributed by atoms with Crippen molar-refractivity contribution in [2.75, 3.05) is 24.1 Å². The van der Waals surface area contributed by atoms with Gasteiger partial charge in [0.05, 0.1) is 17.2 Å². The molecule has 5 nitrogen and oxygen atoms in total. The summed E-state index contributed by atoms with van der Waals surface area (Å²) in [5, 5.41) is 9.56. The second kappa shape index (κ2) is 5.79. The van der Waals surface area contributed by atoms with E-state index < -0.39 is 10.0 Å². The molecule has 2 aromatic carbocycles. The van der Waals surface area contributed by atoms with E-state index in [0.29, 0.717) is 25.3 Å². The van der Waals surface area contributed by atoms with Gasteiger partial charge >= 0.3 is 0 Å². The predicted molar refractivity (Wildman–Crippen MR) is 90.9 cm³/mol. The zero-order valence-corrected chi connectivity index (χ0v) is 14.0. The van der Waals surface area contributed by atoms with E-state index in [1.807, 2.05) is 24.3 Å². The fourth-order valence-electron chi connectivity index (χ4n) is 3.44. The van der Waals surface area contributed by atoms with Crippen LogP contribution in [-0.4, -0.2) is 33.3 Å². The van der Waals surface area contributed by atoms with Crippen LogP contribution in [0.3, 0.4) is 0 Å². The average Bonchev–Trinajstić information content (AvgIpc) is 3.08. The first-order valence-electron chi connectivity index (χ1n) is 8.07. The number of aliphatic hydroxyl groups is 1. The Balaban J connectivity index is 1.79. The van der Waals surface area contributed by atoms with Gasteiger partial charge in [-0.25, -0.2) is 8.42 Å². The third kappa shape index (κ3) is 2.46. The molecule has 1 atom stereocenters. The fraction of sp³-hybridized carbons (Fsp3) is 0.333. The molecule has 4 rings (SSSR count). The Bertz CT molecular complexity index is 878. The van der Waals surface area contributed by atoms with Crippen LogP contribution in [-0.2, 0) is 22.9 Å². The standard InChI is InChI=1S/C18H19NO4S/c20-12-13-9-14-3-1-2-4-17(14)19(11-13)24(21,22)16-5-6-18-15(10-16)7-8-23-18/h1-6,10,13,20H,7-9,11-12H2. The van der Waals surface area contributed by atoms with Crippen LogP contribution in [0, 0.1) is 5.92 Å². The summed E-state index contributed by atoms with van der Waals surface area (Å²) in [6, 6.07) is 12.5. The Morgan fingerprint density at radius 2 is 2.00 bits per heavy atom. The van der Waals surface area contributed by atoms with Crippen molar-refractivity contribution in [3.05, 3.63) is 53.6 Å². The van der Waals surface area contributed by atoms with Gasteiger partial charge in [-0.1, -0.05) is 18.2 Å². The Morgan fingerprint density at radius 3 is 2.83 bits per heavy atom. The molecule has 0 saturated carbocycles. The van der Waals surface area contributed by atoms with E-state index in [2.05, 4.69) is 0 Å². The molecular formula is C18H19NO4S. The first-order valence-corrected chi connectivity index (χ1v) is 9.51. The summed E-state index contributed by atoms with van der Waals surface area (Å²) in [6.45, 7) is 0.861. The molecule has 1 unspecified atom stereocenters. The summed E-state index contributed by atoms with van der Waals surface area (Å²) in [7, 11) is -3.67. The van der Waals surface area contributed by atoms with Gasteiger partial charge in [0, 0.05) is 25.5 Å². The van der Waals surface area contributed by atoms with Crippen molar-refractivity contribution < 1.29 is 18.3 Å². The van der Waals surface area contributed by atoms with Crippen LogP contribution in [0.1, 0.15) is 11.1 Å². The molecule has 24 heavy (non-hydrogen) atoms. The number of benzene rings is 2. The van der Waals surface area contributed by atoms with E-state index in [1.165, 1.54) is 4.31 Å². The third-order valence-electron chi connectivity index (χ3n) is 4.70. The summed E-state index contributed by atoms with van der Waals surface area (Å²) in [5.74, 6) is 0.675. The number of hydrogen-bond acceptors (Lipinski definition) is 4. The van der Waals surface area contributed by atoms with E-state index in [1.54, 1.807) is 18.2 Å². The summed E-state index contributed by atoms with van der Waals surface area (Å²) in [5.41, 5.74) is 2.59. The molecule has 0 radical (unpaired) electrons. The number of anilines is 1. The molecule has 0 aromatic heterocycles. The Kier molecular flexibility index (Phi) is 3.73. The van der Waals surface area contributed by atoms with Gasteiger partial charge in [-0.2, -0.15) is 0 Å². The van der Waals surface area contributed by atoms with Crippen LogP contribution in [0.2, 0.25) is 0 Å². The van der Waals surface area contributed by atoms with E-state index in [9.17, 15) is 13.5 Å². The van der Waals surface area contributed by atoms with Crippen molar-refractivity contribution in [1.82, 2.24) is 0 Å². The normalized spacial score (nSPS) is 19.5. The highest BCUT2D eigenvalue weighted by Crippen LogP contribution is 2.35. The first kappa shape index (κ1) is 15.5. The lowest BCUT2D eigenvalue weighted by molar-refractivity contribution is 0.227. The van der Waals surface area contributed by atoms with Crippen molar-refractivity contribution in [2.45, 2.75) is 17.7 Å².